The Hall–Kier alpha value is -1.82. The van der Waals surface area contributed by atoms with Crippen molar-refractivity contribution >= 4 is 5.57 Å². The molecule has 3 rings (SSSR count). The maximum atomic E-state index is 2.57. The molecule has 2 fully saturated rings. The zero-order chi connectivity index (χ0) is 31.7. The monoisotopic (exact) mass is 599 g/mol. The van der Waals surface area contributed by atoms with Crippen molar-refractivity contribution in [1.82, 2.24) is 0 Å². The van der Waals surface area contributed by atoms with Gasteiger partial charge in [0.2, 0.25) is 0 Å². The van der Waals surface area contributed by atoms with Crippen LogP contribution < -0.4 is 0 Å². The van der Waals surface area contributed by atoms with Gasteiger partial charge in [-0.2, -0.15) is 0 Å². The van der Waals surface area contributed by atoms with Gasteiger partial charge < -0.3 is 0 Å². The number of aryl methyl sites for hydroxylation is 2. The molecule has 0 spiro atoms. The first kappa shape index (κ1) is 36.6. The Morgan fingerprint density at radius 1 is 0.795 bits per heavy atom. The predicted octanol–water partition coefficient (Wildman–Crippen LogP) is 14.6. The Bertz CT molecular complexity index is 1100. The van der Waals surface area contributed by atoms with Crippen LogP contribution in [0.1, 0.15) is 192 Å². The van der Waals surface area contributed by atoms with E-state index in [4.69, 9.17) is 0 Å². The normalized spacial score (nSPS) is 20.2. The van der Waals surface area contributed by atoms with Gasteiger partial charge in [0.15, 0.2) is 0 Å². The van der Waals surface area contributed by atoms with E-state index in [0.717, 1.165) is 30.6 Å². The van der Waals surface area contributed by atoms with Gasteiger partial charge in [-0.3, -0.25) is 0 Å². The highest BCUT2D eigenvalue weighted by Gasteiger charge is 2.31. The van der Waals surface area contributed by atoms with Crippen LogP contribution >= 0.6 is 0 Å². The van der Waals surface area contributed by atoms with Gasteiger partial charge in [0, 0.05) is 0 Å². The fourth-order valence-electron chi connectivity index (χ4n) is 7.63. The average molecular weight is 599 g/mol. The van der Waals surface area contributed by atoms with Gasteiger partial charge in [0.25, 0.3) is 0 Å². The third-order valence-corrected chi connectivity index (χ3v) is 11.0. The zero-order valence-electron chi connectivity index (χ0n) is 30.3. The summed E-state index contributed by atoms with van der Waals surface area (Å²) in [6.07, 6.45) is 37.3. The van der Waals surface area contributed by atoms with Crippen molar-refractivity contribution in [2.24, 2.45) is 11.8 Å². The average Bonchev–Trinajstić information content (AvgIpc) is 2.97. The van der Waals surface area contributed by atoms with Gasteiger partial charge in [-0.05, 0) is 122 Å². The standard InChI is InChI=1S/C44H70/c1-8-12-14-15-16-17-18-19-20-21-23-37-31-42(32-37)44-30-36(7)43(33-39(44)11-4)35(6)29-41(24-13-9-2)34(5)27-28-38(10-3)40-25-22-26-40/h24,27-30,33,37,40,42H,8-23,25-26,31-32H2,1-7H3/b34-27+,35-29-,38-28-,41-24-. The lowest BCUT2D eigenvalue weighted by Gasteiger charge is -2.37. The van der Waals surface area contributed by atoms with Crippen molar-refractivity contribution in [2.75, 3.05) is 0 Å². The molecule has 0 aliphatic heterocycles. The Morgan fingerprint density at radius 2 is 1.45 bits per heavy atom. The van der Waals surface area contributed by atoms with Crippen molar-refractivity contribution < 1.29 is 0 Å². The molecule has 0 atom stereocenters. The summed E-state index contributed by atoms with van der Waals surface area (Å²) in [5, 5.41) is 0. The molecule has 0 aromatic heterocycles. The number of hydrogen-bond acceptors (Lipinski definition) is 0. The number of hydrogen-bond donors (Lipinski definition) is 0. The molecular weight excluding hydrogens is 528 g/mol. The van der Waals surface area contributed by atoms with Crippen molar-refractivity contribution in [3.8, 4) is 0 Å². The minimum Gasteiger partial charge on any atom is -0.0770 e. The molecule has 0 radical (unpaired) electrons. The molecule has 0 nitrogen and oxygen atoms in total. The van der Waals surface area contributed by atoms with E-state index >= 15 is 0 Å². The van der Waals surface area contributed by atoms with Gasteiger partial charge in [0.05, 0.1) is 0 Å². The first-order chi connectivity index (χ1) is 21.4. The molecular formula is C44H70. The van der Waals surface area contributed by atoms with E-state index in [-0.39, 0.29) is 0 Å². The molecule has 2 aliphatic carbocycles. The Morgan fingerprint density at radius 3 is 2.02 bits per heavy atom. The van der Waals surface area contributed by atoms with Crippen LogP contribution in [-0.2, 0) is 6.42 Å². The van der Waals surface area contributed by atoms with Gasteiger partial charge in [0.1, 0.15) is 0 Å². The second kappa shape index (κ2) is 20.3. The Kier molecular flexibility index (Phi) is 16.9. The zero-order valence-corrected chi connectivity index (χ0v) is 30.3. The predicted molar refractivity (Wildman–Crippen MR) is 199 cm³/mol. The maximum Gasteiger partial charge on any atom is -0.0154 e. The summed E-state index contributed by atoms with van der Waals surface area (Å²) in [7, 11) is 0. The van der Waals surface area contributed by atoms with E-state index in [1.165, 1.54) is 143 Å². The summed E-state index contributed by atoms with van der Waals surface area (Å²) in [6, 6.07) is 5.12. The number of benzene rings is 1. The van der Waals surface area contributed by atoms with Crippen LogP contribution in [0, 0.1) is 18.8 Å². The highest BCUT2D eigenvalue weighted by atomic mass is 14.4. The van der Waals surface area contributed by atoms with E-state index in [1.807, 2.05) is 0 Å². The van der Waals surface area contributed by atoms with E-state index < -0.39 is 0 Å². The third-order valence-electron chi connectivity index (χ3n) is 11.0. The first-order valence-corrected chi connectivity index (χ1v) is 19.3. The largest absolute Gasteiger partial charge is 0.0770 e. The summed E-state index contributed by atoms with van der Waals surface area (Å²) < 4.78 is 0. The van der Waals surface area contributed by atoms with Crippen LogP contribution in [-0.4, -0.2) is 0 Å². The molecule has 246 valence electrons. The maximum absolute atomic E-state index is 2.57. The molecule has 0 heterocycles. The van der Waals surface area contributed by atoms with Crippen LogP contribution in [0.5, 0.6) is 0 Å². The van der Waals surface area contributed by atoms with Gasteiger partial charge >= 0.3 is 0 Å². The second-order valence-electron chi connectivity index (χ2n) is 14.6. The molecule has 0 unspecified atom stereocenters. The summed E-state index contributed by atoms with van der Waals surface area (Å²) in [6.45, 7) is 16.3. The van der Waals surface area contributed by atoms with E-state index in [2.05, 4.69) is 84.9 Å². The lowest BCUT2D eigenvalue weighted by Crippen LogP contribution is -2.23. The lowest BCUT2D eigenvalue weighted by molar-refractivity contribution is 0.240. The molecule has 1 aromatic rings. The first-order valence-electron chi connectivity index (χ1n) is 19.3. The van der Waals surface area contributed by atoms with Crippen molar-refractivity contribution in [3.05, 3.63) is 75.4 Å². The molecule has 0 amide bonds. The van der Waals surface area contributed by atoms with Crippen LogP contribution in [0.25, 0.3) is 5.57 Å². The van der Waals surface area contributed by atoms with Crippen LogP contribution in [0.3, 0.4) is 0 Å². The van der Waals surface area contributed by atoms with E-state index in [0.29, 0.717) is 0 Å². The SMILES string of the molecule is CCC/C=C(/C=C(/C)c1cc(CC)c(C2CC(CCCCCCCCCCCC)C2)cc1C)C(\C)=C\C=C(\CC)C1CCC1. The van der Waals surface area contributed by atoms with Crippen LogP contribution in [0.15, 0.2) is 53.2 Å². The van der Waals surface area contributed by atoms with Crippen LogP contribution in [0.4, 0.5) is 0 Å². The third kappa shape index (κ3) is 11.5. The number of allylic oxidation sites excluding steroid dienone is 8. The van der Waals surface area contributed by atoms with Gasteiger partial charge in [-0.15, -0.1) is 0 Å². The summed E-state index contributed by atoms with van der Waals surface area (Å²) in [5.74, 6) is 2.59. The molecule has 1 aromatic carbocycles. The minimum absolute atomic E-state index is 0.788. The second-order valence-corrected chi connectivity index (χ2v) is 14.6. The molecule has 0 bridgehead atoms. The molecule has 2 saturated carbocycles. The smallest absolute Gasteiger partial charge is 0.0154 e. The summed E-state index contributed by atoms with van der Waals surface area (Å²) in [5.41, 5.74) is 12.0. The fourth-order valence-corrected chi connectivity index (χ4v) is 7.63. The van der Waals surface area contributed by atoms with Crippen molar-refractivity contribution in [2.45, 2.75) is 183 Å². The molecule has 0 N–H and O–H groups in total. The Balaban J connectivity index is 1.57. The van der Waals surface area contributed by atoms with Gasteiger partial charge in [-0.25, -0.2) is 0 Å². The Labute approximate surface area is 275 Å². The van der Waals surface area contributed by atoms with Gasteiger partial charge in [-0.1, -0.05) is 153 Å². The fraction of sp³-hybridized carbons (Fsp3) is 0.682. The van der Waals surface area contributed by atoms with Crippen molar-refractivity contribution in [1.29, 1.82) is 0 Å². The van der Waals surface area contributed by atoms with E-state index in [9.17, 15) is 0 Å². The summed E-state index contributed by atoms with van der Waals surface area (Å²) >= 11 is 0. The lowest BCUT2D eigenvalue weighted by atomic mass is 9.68. The molecule has 0 saturated heterocycles. The summed E-state index contributed by atoms with van der Waals surface area (Å²) in [4.78, 5) is 0. The van der Waals surface area contributed by atoms with E-state index in [1.54, 1.807) is 16.7 Å². The number of unbranched alkanes of at least 4 members (excludes halogenated alkanes) is 10. The highest BCUT2D eigenvalue weighted by Crippen LogP contribution is 2.46. The number of rotatable bonds is 21. The molecule has 0 heteroatoms. The minimum atomic E-state index is 0.788. The van der Waals surface area contributed by atoms with Crippen molar-refractivity contribution in [3.63, 3.8) is 0 Å². The highest BCUT2D eigenvalue weighted by molar-refractivity contribution is 5.71. The molecule has 44 heavy (non-hydrogen) atoms. The van der Waals surface area contributed by atoms with Crippen LogP contribution in [0.2, 0.25) is 0 Å². The molecule has 2 aliphatic rings. The topological polar surface area (TPSA) is 0 Å². The quantitative estimate of drug-likeness (QED) is 0.0975.